The Hall–Kier alpha value is -0.630. The SMILES string of the molecule is Cl.N[C@@H]1CCCN(C(=O)CS(=O)(=O)c2cccc(Br)c2)C1. The zero-order valence-electron chi connectivity index (χ0n) is 11.4. The quantitative estimate of drug-likeness (QED) is 0.840. The van der Waals surface area contributed by atoms with Gasteiger partial charge in [-0.2, -0.15) is 0 Å². The van der Waals surface area contributed by atoms with E-state index in [1.807, 2.05) is 0 Å². The Labute approximate surface area is 139 Å². The van der Waals surface area contributed by atoms with Gasteiger partial charge in [0.2, 0.25) is 5.91 Å². The predicted octanol–water partition coefficient (Wildman–Crippen LogP) is 1.59. The molecule has 2 N–H and O–H groups in total. The molecule has 8 heteroatoms. The number of nitrogens with zero attached hydrogens (tertiary/aromatic N) is 1. The fourth-order valence-electron chi connectivity index (χ4n) is 2.23. The largest absolute Gasteiger partial charge is 0.340 e. The highest BCUT2D eigenvalue weighted by atomic mass is 79.9. The summed E-state index contributed by atoms with van der Waals surface area (Å²) in [6, 6.07) is 6.32. The van der Waals surface area contributed by atoms with E-state index in [9.17, 15) is 13.2 Å². The zero-order chi connectivity index (χ0) is 14.8. The molecule has 0 bridgehead atoms. The van der Waals surface area contributed by atoms with Crippen LogP contribution in [0.15, 0.2) is 33.6 Å². The van der Waals surface area contributed by atoms with Crippen molar-refractivity contribution in [3.05, 3.63) is 28.7 Å². The number of sulfone groups is 1. The van der Waals surface area contributed by atoms with Crippen LogP contribution in [0.1, 0.15) is 12.8 Å². The number of amides is 1. The number of piperidine rings is 1. The monoisotopic (exact) mass is 396 g/mol. The van der Waals surface area contributed by atoms with Crippen molar-refractivity contribution in [2.75, 3.05) is 18.8 Å². The third kappa shape index (κ3) is 4.95. The normalized spacial score (nSPS) is 19.0. The van der Waals surface area contributed by atoms with Gasteiger partial charge in [0.1, 0.15) is 5.75 Å². The van der Waals surface area contributed by atoms with E-state index in [1.165, 1.54) is 12.1 Å². The Bertz CT molecular complexity index is 609. The number of benzene rings is 1. The number of hydrogen-bond acceptors (Lipinski definition) is 4. The average Bonchev–Trinajstić information content (AvgIpc) is 2.38. The maximum Gasteiger partial charge on any atom is 0.238 e. The van der Waals surface area contributed by atoms with Crippen LogP contribution in [0.4, 0.5) is 0 Å². The standard InChI is InChI=1S/C13H17BrN2O3S.ClH/c14-10-3-1-5-12(7-10)20(18,19)9-13(17)16-6-2-4-11(15)8-16;/h1,3,5,7,11H,2,4,6,8-9,15H2;1H/t11-;/m1./s1. The lowest BCUT2D eigenvalue weighted by atomic mass is 10.1. The first kappa shape index (κ1) is 18.4. The number of hydrogen-bond donors (Lipinski definition) is 1. The minimum absolute atomic E-state index is 0. The highest BCUT2D eigenvalue weighted by Crippen LogP contribution is 2.18. The Morgan fingerprint density at radius 3 is 2.76 bits per heavy atom. The van der Waals surface area contributed by atoms with Crippen molar-refractivity contribution in [1.82, 2.24) is 4.90 Å². The van der Waals surface area contributed by atoms with Gasteiger partial charge in [-0.05, 0) is 31.0 Å². The highest BCUT2D eigenvalue weighted by Gasteiger charge is 2.26. The fraction of sp³-hybridized carbons (Fsp3) is 0.462. The third-order valence-corrected chi connectivity index (χ3v) is 5.37. The summed E-state index contributed by atoms with van der Waals surface area (Å²) in [4.78, 5) is 13.8. The van der Waals surface area contributed by atoms with Crippen molar-refractivity contribution in [1.29, 1.82) is 0 Å². The van der Waals surface area contributed by atoms with E-state index in [0.29, 0.717) is 17.6 Å². The van der Waals surface area contributed by atoms with Crippen LogP contribution in [-0.2, 0) is 14.6 Å². The minimum Gasteiger partial charge on any atom is -0.340 e. The molecule has 0 saturated carbocycles. The van der Waals surface area contributed by atoms with Gasteiger partial charge in [0.05, 0.1) is 4.90 Å². The number of nitrogens with two attached hydrogens (primary N) is 1. The molecule has 0 aromatic heterocycles. The molecule has 1 fully saturated rings. The number of carbonyl (C=O) groups excluding carboxylic acids is 1. The van der Waals surface area contributed by atoms with Crippen molar-refractivity contribution in [3.8, 4) is 0 Å². The van der Waals surface area contributed by atoms with Crippen molar-refractivity contribution in [2.24, 2.45) is 5.73 Å². The second kappa shape index (κ2) is 7.58. The number of carbonyl (C=O) groups is 1. The van der Waals surface area contributed by atoms with Gasteiger partial charge in [-0.25, -0.2) is 8.42 Å². The summed E-state index contributed by atoms with van der Waals surface area (Å²) in [7, 11) is -3.61. The molecule has 0 aliphatic carbocycles. The molecular weight excluding hydrogens is 380 g/mol. The summed E-state index contributed by atoms with van der Waals surface area (Å²) in [5.41, 5.74) is 5.81. The predicted molar refractivity (Wildman–Crippen MR) is 87.2 cm³/mol. The van der Waals surface area contributed by atoms with Gasteiger partial charge < -0.3 is 10.6 Å². The van der Waals surface area contributed by atoms with Crippen LogP contribution in [0.2, 0.25) is 0 Å². The maximum atomic E-state index is 12.2. The van der Waals surface area contributed by atoms with Crippen LogP contribution >= 0.6 is 28.3 Å². The first-order chi connectivity index (χ1) is 9.38. The molecule has 5 nitrogen and oxygen atoms in total. The van der Waals surface area contributed by atoms with Crippen LogP contribution in [-0.4, -0.2) is 44.1 Å². The van der Waals surface area contributed by atoms with Gasteiger partial charge in [0.15, 0.2) is 9.84 Å². The van der Waals surface area contributed by atoms with Gasteiger partial charge >= 0.3 is 0 Å². The Morgan fingerprint density at radius 2 is 2.14 bits per heavy atom. The Kier molecular flexibility index (Phi) is 6.65. The van der Waals surface area contributed by atoms with Gasteiger partial charge in [-0.15, -0.1) is 12.4 Å². The van der Waals surface area contributed by atoms with E-state index < -0.39 is 15.6 Å². The molecule has 2 rings (SSSR count). The van der Waals surface area contributed by atoms with Crippen LogP contribution in [0.25, 0.3) is 0 Å². The lowest BCUT2D eigenvalue weighted by Crippen LogP contribution is -2.47. The zero-order valence-corrected chi connectivity index (χ0v) is 14.6. The summed E-state index contributed by atoms with van der Waals surface area (Å²) >= 11 is 3.23. The molecule has 1 saturated heterocycles. The van der Waals surface area contributed by atoms with Crippen molar-refractivity contribution in [2.45, 2.75) is 23.8 Å². The molecule has 1 heterocycles. The second-order valence-electron chi connectivity index (χ2n) is 4.96. The minimum atomic E-state index is -3.61. The summed E-state index contributed by atoms with van der Waals surface area (Å²) in [6.45, 7) is 1.02. The van der Waals surface area contributed by atoms with Crippen LogP contribution < -0.4 is 5.73 Å². The van der Waals surface area contributed by atoms with Crippen LogP contribution in [0.5, 0.6) is 0 Å². The Morgan fingerprint density at radius 1 is 1.43 bits per heavy atom. The van der Waals surface area contributed by atoms with Crippen molar-refractivity contribution >= 4 is 44.1 Å². The molecule has 0 unspecified atom stereocenters. The topological polar surface area (TPSA) is 80.5 Å². The van der Waals surface area contributed by atoms with E-state index in [-0.39, 0.29) is 29.3 Å². The van der Waals surface area contributed by atoms with Crippen molar-refractivity contribution in [3.63, 3.8) is 0 Å². The van der Waals surface area contributed by atoms with Gasteiger partial charge in [-0.1, -0.05) is 22.0 Å². The second-order valence-corrected chi connectivity index (χ2v) is 7.86. The molecule has 21 heavy (non-hydrogen) atoms. The molecule has 1 aliphatic heterocycles. The van der Waals surface area contributed by atoms with E-state index in [0.717, 1.165) is 12.8 Å². The van der Waals surface area contributed by atoms with Gasteiger partial charge in [0, 0.05) is 23.6 Å². The molecule has 1 amide bonds. The van der Waals surface area contributed by atoms with E-state index in [1.54, 1.807) is 17.0 Å². The highest BCUT2D eigenvalue weighted by molar-refractivity contribution is 9.10. The summed E-state index contributed by atoms with van der Waals surface area (Å²) < 4.78 is 25.1. The first-order valence-electron chi connectivity index (χ1n) is 6.40. The molecule has 118 valence electrons. The molecule has 0 radical (unpaired) electrons. The molecule has 1 aromatic carbocycles. The summed E-state index contributed by atoms with van der Waals surface area (Å²) in [6.07, 6.45) is 1.70. The lowest BCUT2D eigenvalue weighted by Gasteiger charge is -2.30. The molecule has 1 atom stereocenters. The fourth-order valence-corrected chi connectivity index (χ4v) is 4.05. The number of halogens is 2. The number of rotatable bonds is 3. The molecule has 0 spiro atoms. The third-order valence-electron chi connectivity index (χ3n) is 3.28. The lowest BCUT2D eigenvalue weighted by molar-refractivity contribution is -0.129. The van der Waals surface area contributed by atoms with Crippen molar-refractivity contribution < 1.29 is 13.2 Å². The van der Waals surface area contributed by atoms with Gasteiger partial charge in [-0.3, -0.25) is 4.79 Å². The first-order valence-corrected chi connectivity index (χ1v) is 8.85. The van der Waals surface area contributed by atoms with Crippen LogP contribution in [0.3, 0.4) is 0 Å². The molecule has 1 aliphatic rings. The van der Waals surface area contributed by atoms with Crippen LogP contribution in [0, 0.1) is 0 Å². The average molecular weight is 398 g/mol. The Balaban J connectivity index is 0.00000220. The summed E-state index contributed by atoms with van der Waals surface area (Å²) in [5, 5.41) is 0. The maximum absolute atomic E-state index is 12.2. The van der Waals surface area contributed by atoms with E-state index >= 15 is 0 Å². The van der Waals surface area contributed by atoms with E-state index in [4.69, 9.17) is 5.73 Å². The van der Waals surface area contributed by atoms with E-state index in [2.05, 4.69) is 15.9 Å². The molecule has 1 aromatic rings. The smallest absolute Gasteiger partial charge is 0.238 e. The molecular formula is C13H18BrClN2O3S. The van der Waals surface area contributed by atoms with Gasteiger partial charge in [0.25, 0.3) is 0 Å². The number of likely N-dealkylation sites (tertiary alicyclic amines) is 1. The summed E-state index contributed by atoms with van der Waals surface area (Å²) in [5.74, 6) is -0.879.